The highest BCUT2D eigenvalue weighted by Gasteiger charge is 2.20. The molecule has 5 nitrogen and oxygen atoms in total. The van der Waals surface area contributed by atoms with Crippen LogP contribution in [0.2, 0.25) is 5.02 Å². The van der Waals surface area contributed by atoms with Crippen molar-refractivity contribution in [3.8, 4) is 0 Å². The van der Waals surface area contributed by atoms with E-state index >= 15 is 0 Å². The summed E-state index contributed by atoms with van der Waals surface area (Å²) < 4.78 is 15.4. The molecule has 3 N–H and O–H groups in total. The van der Waals surface area contributed by atoms with E-state index in [0.29, 0.717) is 22.8 Å². The number of halogens is 2. The fraction of sp³-hybridized carbons (Fsp3) is 0.273. The zero-order valence-corrected chi connectivity index (χ0v) is 10.5. The van der Waals surface area contributed by atoms with E-state index < -0.39 is 11.9 Å². The molecule has 1 unspecified atom stereocenters. The van der Waals surface area contributed by atoms with E-state index in [9.17, 15) is 4.39 Å². The van der Waals surface area contributed by atoms with Crippen LogP contribution in [0.4, 0.5) is 4.39 Å². The second-order valence-electron chi connectivity index (χ2n) is 3.86. The monoisotopic (exact) mass is 269 g/mol. The predicted octanol–water partition coefficient (Wildman–Crippen LogP) is 1.35. The van der Waals surface area contributed by atoms with Crippen LogP contribution in [0.15, 0.2) is 24.5 Å². The Kier molecular flexibility index (Phi) is 3.90. The summed E-state index contributed by atoms with van der Waals surface area (Å²) in [5, 5.41) is 4.29. The fourth-order valence-electron chi connectivity index (χ4n) is 1.78. The first-order valence-electron chi connectivity index (χ1n) is 5.36. The van der Waals surface area contributed by atoms with Gasteiger partial charge in [-0.25, -0.2) is 9.37 Å². The maximum absolute atomic E-state index is 13.8. The molecule has 0 saturated heterocycles. The number of hydrogen-bond acceptors (Lipinski definition) is 4. The van der Waals surface area contributed by atoms with Crippen LogP contribution in [-0.4, -0.2) is 14.8 Å². The van der Waals surface area contributed by atoms with Crippen LogP contribution in [0.5, 0.6) is 0 Å². The van der Waals surface area contributed by atoms with E-state index in [1.54, 1.807) is 23.9 Å². The number of nitrogens with one attached hydrogen (secondary N) is 1. The van der Waals surface area contributed by atoms with Crippen LogP contribution in [0.3, 0.4) is 0 Å². The minimum Gasteiger partial charge on any atom is -0.271 e. The van der Waals surface area contributed by atoms with Gasteiger partial charge in [0.15, 0.2) is 0 Å². The predicted molar refractivity (Wildman–Crippen MR) is 66.2 cm³/mol. The average Bonchev–Trinajstić information content (AvgIpc) is 2.73. The molecule has 0 radical (unpaired) electrons. The molecule has 0 amide bonds. The second kappa shape index (κ2) is 5.43. The molecule has 7 heteroatoms. The Morgan fingerprint density at radius 1 is 1.56 bits per heavy atom. The highest BCUT2D eigenvalue weighted by Crippen LogP contribution is 2.27. The van der Waals surface area contributed by atoms with Gasteiger partial charge in [0.25, 0.3) is 0 Å². The number of nitrogens with two attached hydrogens (primary N) is 1. The molecule has 18 heavy (non-hydrogen) atoms. The topological polar surface area (TPSA) is 68.8 Å². The number of aryl methyl sites for hydroxylation is 1. The van der Waals surface area contributed by atoms with Crippen molar-refractivity contribution >= 4 is 11.6 Å². The van der Waals surface area contributed by atoms with E-state index in [1.807, 2.05) is 0 Å². The van der Waals surface area contributed by atoms with Crippen LogP contribution in [-0.2, 0) is 13.5 Å². The van der Waals surface area contributed by atoms with E-state index in [2.05, 4.69) is 15.5 Å². The summed E-state index contributed by atoms with van der Waals surface area (Å²) in [5.74, 6) is 5.77. The lowest BCUT2D eigenvalue weighted by Crippen LogP contribution is -2.31. The van der Waals surface area contributed by atoms with Crippen molar-refractivity contribution in [2.75, 3.05) is 0 Å². The molecule has 0 fully saturated rings. The van der Waals surface area contributed by atoms with Crippen molar-refractivity contribution < 1.29 is 4.39 Å². The standard InChI is InChI=1S/C11H13ClFN5/c1-18-10(15-6-16-18)5-9(17-14)11-7(12)3-2-4-8(11)13/h2-4,6,9,17H,5,14H2,1H3. The quantitative estimate of drug-likeness (QED) is 0.649. The van der Waals surface area contributed by atoms with Gasteiger partial charge < -0.3 is 0 Å². The first-order chi connectivity index (χ1) is 8.63. The molecule has 2 rings (SSSR count). The lowest BCUT2D eigenvalue weighted by molar-refractivity contribution is 0.493. The molecule has 1 atom stereocenters. The zero-order valence-electron chi connectivity index (χ0n) is 9.77. The summed E-state index contributed by atoms with van der Waals surface area (Å²) in [6.07, 6.45) is 1.83. The van der Waals surface area contributed by atoms with Gasteiger partial charge in [-0.3, -0.25) is 16.0 Å². The van der Waals surface area contributed by atoms with Crippen LogP contribution < -0.4 is 11.3 Å². The molecule has 1 heterocycles. The second-order valence-corrected chi connectivity index (χ2v) is 4.27. The molecule has 96 valence electrons. The van der Waals surface area contributed by atoms with E-state index in [0.717, 1.165) is 0 Å². The number of benzene rings is 1. The number of hydrogen-bond donors (Lipinski definition) is 2. The normalized spacial score (nSPS) is 12.7. The minimum absolute atomic E-state index is 0.333. The molecular weight excluding hydrogens is 257 g/mol. The van der Waals surface area contributed by atoms with Crippen molar-refractivity contribution in [1.29, 1.82) is 0 Å². The maximum atomic E-state index is 13.8. The zero-order chi connectivity index (χ0) is 13.1. The van der Waals surface area contributed by atoms with E-state index in [-0.39, 0.29) is 0 Å². The molecule has 0 spiro atoms. The Balaban J connectivity index is 2.32. The van der Waals surface area contributed by atoms with E-state index in [4.69, 9.17) is 17.4 Å². The third-order valence-corrected chi connectivity index (χ3v) is 3.07. The number of aromatic nitrogens is 3. The molecule has 0 bridgehead atoms. The maximum Gasteiger partial charge on any atom is 0.138 e. The number of rotatable bonds is 4. The van der Waals surface area contributed by atoms with Crippen molar-refractivity contribution in [3.63, 3.8) is 0 Å². The summed E-state index contributed by atoms with van der Waals surface area (Å²) in [4.78, 5) is 4.08. The van der Waals surface area contributed by atoms with Crippen LogP contribution in [0, 0.1) is 5.82 Å². The Morgan fingerprint density at radius 3 is 2.89 bits per heavy atom. The highest BCUT2D eigenvalue weighted by molar-refractivity contribution is 6.31. The van der Waals surface area contributed by atoms with Gasteiger partial charge in [-0.1, -0.05) is 17.7 Å². The molecule has 1 aromatic heterocycles. The van der Waals surface area contributed by atoms with Gasteiger partial charge in [-0.2, -0.15) is 5.10 Å². The van der Waals surface area contributed by atoms with Crippen molar-refractivity contribution in [2.24, 2.45) is 12.9 Å². The molecule has 2 aromatic rings. The molecule has 0 aliphatic rings. The third kappa shape index (κ3) is 2.50. The Hall–Kier alpha value is -1.50. The first kappa shape index (κ1) is 12.9. The fourth-order valence-corrected chi connectivity index (χ4v) is 2.07. The van der Waals surface area contributed by atoms with Gasteiger partial charge >= 0.3 is 0 Å². The van der Waals surface area contributed by atoms with Gasteiger partial charge in [-0.05, 0) is 12.1 Å². The average molecular weight is 270 g/mol. The third-order valence-electron chi connectivity index (χ3n) is 2.74. The van der Waals surface area contributed by atoms with Crippen LogP contribution >= 0.6 is 11.6 Å². The first-order valence-corrected chi connectivity index (χ1v) is 5.74. The largest absolute Gasteiger partial charge is 0.271 e. The summed E-state index contributed by atoms with van der Waals surface area (Å²) in [6, 6.07) is 4.07. The molecule has 1 aromatic carbocycles. The van der Waals surface area contributed by atoms with Gasteiger partial charge in [0, 0.05) is 24.1 Å². The van der Waals surface area contributed by atoms with Crippen molar-refractivity contribution in [1.82, 2.24) is 20.2 Å². The summed E-state index contributed by atoms with van der Waals surface area (Å²) >= 11 is 6.00. The molecule has 0 aliphatic heterocycles. The molecular formula is C11H13ClFN5. The minimum atomic E-state index is -0.457. The summed E-state index contributed by atoms with van der Waals surface area (Å²) in [7, 11) is 1.76. The number of hydrazine groups is 1. The van der Waals surface area contributed by atoms with Gasteiger partial charge in [0.2, 0.25) is 0 Å². The van der Waals surface area contributed by atoms with Crippen molar-refractivity contribution in [3.05, 3.63) is 46.8 Å². The van der Waals surface area contributed by atoms with Gasteiger partial charge in [0.05, 0.1) is 6.04 Å². The highest BCUT2D eigenvalue weighted by atomic mass is 35.5. The lowest BCUT2D eigenvalue weighted by atomic mass is 10.0. The van der Waals surface area contributed by atoms with Crippen LogP contribution in [0.25, 0.3) is 0 Å². The van der Waals surface area contributed by atoms with E-state index in [1.165, 1.54) is 12.4 Å². The molecule has 0 aliphatic carbocycles. The van der Waals surface area contributed by atoms with Gasteiger partial charge in [0.1, 0.15) is 18.0 Å². The Morgan fingerprint density at radius 2 is 2.33 bits per heavy atom. The van der Waals surface area contributed by atoms with Gasteiger partial charge in [-0.15, -0.1) is 0 Å². The molecule has 0 saturated carbocycles. The Labute approximate surface area is 109 Å². The summed E-state index contributed by atoms with van der Waals surface area (Å²) in [6.45, 7) is 0. The number of nitrogens with zero attached hydrogens (tertiary/aromatic N) is 3. The SMILES string of the molecule is Cn1ncnc1CC(NN)c1c(F)cccc1Cl. The smallest absolute Gasteiger partial charge is 0.138 e. The summed E-state index contributed by atoms with van der Waals surface area (Å²) in [5.41, 5.74) is 2.90. The van der Waals surface area contributed by atoms with Crippen molar-refractivity contribution in [2.45, 2.75) is 12.5 Å². The van der Waals surface area contributed by atoms with Crippen LogP contribution in [0.1, 0.15) is 17.4 Å². The Bertz CT molecular complexity index is 522. The lowest BCUT2D eigenvalue weighted by Gasteiger charge is -2.17.